The molecule has 0 unspecified atom stereocenters. The molecule has 0 aromatic carbocycles. The van der Waals surface area contributed by atoms with Crippen LogP contribution < -0.4 is 10.2 Å². The molecule has 0 aliphatic rings. The summed E-state index contributed by atoms with van der Waals surface area (Å²) < 4.78 is 0. The van der Waals surface area contributed by atoms with Gasteiger partial charge in [0.15, 0.2) is 0 Å². The lowest BCUT2D eigenvalue weighted by atomic mass is 10.2. The van der Waals surface area contributed by atoms with E-state index < -0.39 is 0 Å². The fraction of sp³-hybridized carbons (Fsp3) is 0.462. The third-order valence-electron chi connectivity index (χ3n) is 2.57. The average Bonchev–Trinajstić information content (AvgIpc) is 2.30. The minimum absolute atomic E-state index is 0.879. The molecule has 3 heteroatoms. The first kappa shape index (κ1) is 12.7. The van der Waals surface area contributed by atoms with E-state index in [9.17, 15) is 0 Å². The smallest absolute Gasteiger partial charge is 0.0595 e. The number of anilines is 1. The number of hydrogen-bond acceptors (Lipinski definition) is 3. The van der Waals surface area contributed by atoms with Gasteiger partial charge in [-0.2, -0.15) is 0 Å². The van der Waals surface area contributed by atoms with Crippen LogP contribution in [0.5, 0.6) is 0 Å². The zero-order valence-electron chi connectivity index (χ0n) is 10.2. The fourth-order valence-corrected chi connectivity index (χ4v) is 1.69. The number of pyridine rings is 1. The van der Waals surface area contributed by atoms with Crippen molar-refractivity contribution in [2.24, 2.45) is 0 Å². The Kier molecular flexibility index (Phi) is 5.57. The van der Waals surface area contributed by atoms with Gasteiger partial charge in [0, 0.05) is 26.3 Å². The number of aromatic nitrogens is 1. The molecular weight excluding hydrogens is 198 g/mol. The molecule has 88 valence electrons. The van der Waals surface area contributed by atoms with Crippen LogP contribution in [0.3, 0.4) is 0 Å². The van der Waals surface area contributed by atoms with Crippen LogP contribution in [0.4, 0.5) is 5.69 Å². The molecule has 0 bridgehead atoms. The molecule has 16 heavy (non-hydrogen) atoms. The van der Waals surface area contributed by atoms with Gasteiger partial charge in [-0.25, -0.2) is 0 Å². The Bertz CT molecular complexity index is 323. The summed E-state index contributed by atoms with van der Waals surface area (Å²) >= 11 is 0. The van der Waals surface area contributed by atoms with Gasteiger partial charge < -0.3 is 10.2 Å². The molecule has 0 aliphatic carbocycles. The van der Waals surface area contributed by atoms with Crippen molar-refractivity contribution in [2.45, 2.75) is 19.4 Å². The van der Waals surface area contributed by atoms with Gasteiger partial charge in [0.05, 0.1) is 11.9 Å². The molecule has 0 fully saturated rings. The molecule has 1 rings (SSSR count). The zero-order valence-corrected chi connectivity index (χ0v) is 10.2. The van der Waals surface area contributed by atoms with Gasteiger partial charge in [-0.3, -0.25) is 4.98 Å². The van der Waals surface area contributed by atoms with Crippen LogP contribution in [-0.4, -0.2) is 25.6 Å². The minimum atomic E-state index is 0.879. The van der Waals surface area contributed by atoms with Crippen molar-refractivity contribution in [3.8, 4) is 0 Å². The van der Waals surface area contributed by atoms with E-state index in [2.05, 4.69) is 34.9 Å². The Hall–Kier alpha value is -1.35. The molecule has 1 aromatic rings. The number of nitrogens with one attached hydrogen (secondary N) is 1. The van der Waals surface area contributed by atoms with Gasteiger partial charge in [0.1, 0.15) is 0 Å². The van der Waals surface area contributed by atoms with Crippen molar-refractivity contribution >= 4 is 5.69 Å². The molecular formula is C13H21N3. The topological polar surface area (TPSA) is 28.2 Å². The van der Waals surface area contributed by atoms with E-state index in [-0.39, 0.29) is 0 Å². The quantitative estimate of drug-likeness (QED) is 0.563. The summed E-state index contributed by atoms with van der Waals surface area (Å²) in [6.45, 7) is 5.65. The molecule has 0 saturated heterocycles. The lowest BCUT2D eigenvalue weighted by Gasteiger charge is -2.21. The monoisotopic (exact) mass is 219 g/mol. The minimum Gasteiger partial charge on any atom is -0.373 e. The van der Waals surface area contributed by atoms with Crippen molar-refractivity contribution in [3.05, 3.63) is 36.7 Å². The van der Waals surface area contributed by atoms with Crippen molar-refractivity contribution in [3.63, 3.8) is 0 Å². The van der Waals surface area contributed by atoms with E-state index in [1.807, 2.05) is 25.5 Å². The standard InChI is InChI=1S/C13H21N3/c1-4-5-6-9-16(3)13-11-15-8-7-12(13)10-14-2/h4,7-8,11,14H,1,5-6,9-10H2,2-3H3. The highest BCUT2D eigenvalue weighted by Crippen LogP contribution is 2.17. The molecule has 1 heterocycles. The third kappa shape index (κ3) is 3.66. The molecule has 1 aromatic heterocycles. The summed E-state index contributed by atoms with van der Waals surface area (Å²) in [7, 11) is 4.07. The van der Waals surface area contributed by atoms with Crippen LogP contribution >= 0.6 is 0 Å². The Morgan fingerprint density at radius 2 is 2.38 bits per heavy atom. The Labute approximate surface area is 98.2 Å². The summed E-state index contributed by atoms with van der Waals surface area (Å²) in [4.78, 5) is 6.44. The lowest BCUT2D eigenvalue weighted by Crippen LogP contribution is -2.21. The van der Waals surface area contributed by atoms with Crippen molar-refractivity contribution in [1.82, 2.24) is 10.3 Å². The summed E-state index contributed by atoms with van der Waals surface area (Å²) in [5, 5.41) is 3.18. The van der Waals surface area contributed by atoms with E-state index >= 15 is 0 Å². The fourth-order valence-electron chi connectivity index (χ4n) is 1.69. The van der Waals surface area contributed by atoms with Crippen molar-refractivity contribution < 1.29 is 0 Å². The maximum atomic E-state index is 4.19. The molecule has 0 aliphatic heterocycles. The third-order valence-corrected chi connectivity index (χ3v) is 2.57. The Balaban J connectivity index is 2.65. The molecule has 3 nitrogen and oxygen atoms in total. The first-order valence-electron chi connectivity index (χ1n) is 5.69. The van der Waals surface area contributed by atoms with E-state index in [0.717, 1.165) is 25.9 Å². The summed E-state index contributed by atoms with van der Waals surface area (Å²) in [5.41, 5.74) is 2.50. The SMILES string of the molecule is C=CCCCN(C)c1cnccc1CNC. The Morgan fingerprint density at radius 1 is 1.56 bits per heavy atom. The van der Waals surface area contributed by atoms with Crippen LogP contribution in [0.2, 0.25) is 0 Å². The van der Waals surface area contributed by atoms with Crippen molar-refractivity contribution in [2.75, 3.05) is 25.5 Å². The van der Waals surface area contributed by atoms with Gasteiger partial charge in [-0.05, 0) is 31.5 Å². The van der Waals surface area contributed by atoms with Gasteiger partial charge in [-0.15, -0.1) is 6.58 Å². The second-order valence-electron chi connectivity index (χ2n) is 3.89. The molecule has 0 atom stereocenters. The van der Waals surface area contributed by atoms with Gasteiger partial charge in [-0.1, -0.05) is 6.08 Å². The first-order valence-corrected chi connectivity index (χ1v) is 5.69. The molecule has 0 amide bonds. The van der Waals surface area contributed by atoms with Crippen LogP contribution in [0.15, 0.2) is 31.1 Å². The summed E-state index contributed by atoms with van der Waals surface area (Å²) in [6.07, 6.45) is 7.93. The number of nitrogens with zero attached hydrogens (tertiary/aromatic N) is 2. The number of unbranched alkanes of at least 4 members (excludes halogenated alkanes) is 1. The van der Waals surface area contributed by atoms with Crippen molar-refractivity contribution in [1.29, 1.82) is 0 Å². The van der Waals surface area contributed by atoms with Crippen LogP contribution in [0, 0.1) is 0 Å². The summed E-state index contributed by atoms with van der Waals surface area (Å²) in [6, 6.07) is 2.07. The normalized spacial score (nSPS) is 10.1. The maximum absolute atomic E-state index is 4.19. The van der Waals surface area contributed by atoms with Gasteiger partial charge in [0.2, 0.25) is 0 Å². The highest BCUT2D eigenvalue weighted by molar-refractivity contribution is 5.50. The average molecular weight is 219 g/mol. The molecule has 0 saturated carbocycles. The summed E-state index contributed by atoms with van der Waals surface area (Å²) in [5.74, 6) is 0. The maximum Gasteiger partial charge on any atom is 0.0595 e. The molecule has 0 spiro atoms. The van der Waals surface area contributed by atoms with E-state index in [1.54, 1.807) is 0 Å². The van der Waals surface area contributed by atoms with Gasteiger partial charge >= 0.3 is 0 Å². The largest absolute Gasteiger partial charge is 0.373 e. The predicted molar refractivity (Wildman–Crippen MR) is 69.7 cm³/mol. The van der Waals surface area contributed by atoms with E-state index in [1.165, 1.54) is 11.3 Å². The van der Waals surface area contributed by atoms with Gasteiger partial charge in [0.25, 0.3) is 0 Å². The second-order valence-corrected chi connectivity index (χ2v) is 3.89. The first-order chi connectivity index (χ1) is 7.79. The van der Waals surface area contributed by atoms with E-state index in [0.29, 0.717) is 0 Å². The molecule has 1 N–H and O–H groups in total. The Morgan fingerprint density at radius 3 is 3.06 bits per heavy atom. The van der Waals surface area contributed by atoms with Crippen LogP contribution in [0.1, 0.15) is 18.4 Å². The van der Waals surface area contributed by atoms with Crippen LogP contribution in [-0.2, 0) is 6.54 Å². The number of hydrogen-bond donors (Lipinski definition) is 1. The van der Waals surface area contributed by atoms with E-state index in [4.69, 9.17) is 0 Å². The predicted octanol–water partition coefficient (Wildman–Crippen LogP) is 2.20. The molecule has 0 radical (unpaired) electrons. The lowest BCUT2D eigenvalue weighted by molar-refractivity contribution is 0.775. The zero-order chi connectivity index (χ0) is 11.8. The second kappa shape index (κ2) is 7.01. The number of rotatable bonds is 7. The number of allylic oxidation sites excluding steroid dienone is 1. The highest BCUT2D eigenvalue weighted by atomic mass is 15.1. The van der Waals surface area contributed by atoms with Crippen LogP contribution in [0.25, 0.3) is 0 Å². The highest BCUT2D eigenvalue weighted by Gasteiger charge is 2.05.